The molecule has 2 heterocycles. The van der Waals surface area contributed by atoms with E-state index in [1.165, 1.54) is 0 Å². The Kier molecular flexibility index (Phi) is 1.66. The van der Waals surface area contributed by atoms with E-state index in [1.54, 1.807) is 12.4 Å². The topological polar surface area (TPSA) is 91.8 Å². The van der Waals surface area contributed by atoms with Crippen molar-refractivity contribution in [1.29, 1.82) is 0 Å². The molecule has 6 heteroatoms. The molecule has 0 saturated heterocycles. The van der Waals surface area contributed by atoms with Gasteiger partial charge in [0.15, 0.2) is 5.65 Å². The Hall–Kier alpha value is -1.98. The van der Waals surface area contributed by atoms with E-state index in [0.29, 0.717) is 5.65 Å². The van der Waals surface area contributed by atoms with Crippen molar-refractivity contribution in [3.05, 3.63) is 18.2 Å². The highest BCUT2D eigenvalue weighted by Crippen LogP contribution is 2.05. The number of hydrogen-bond acceptors (Lipinski definition) is 4. The van der Waals surface area contributed by atoms with Crippen molar-refractivity contribution in [1.82, 2.24) is 20.2 Å². The number of hydrogen-bond donors (Lipinski definition) is 2. The summed E-state index contributed by atoms with van der Waals surface area (Å²) >= 11 is 0. The molecule has 0 spiro atoms. The smallest absolute Gasteiger partial charge is 0.311 e. The first-order valence-electron chi connectivity index (χ1n) is 3.62. The lowest BCUT2D eigenvalue weighted by Crippen LogP contribution is -2.04. The van der Waals surface area contributed by atoms with Gasteiger partial charge in [-0.25, -0.2) is 9.97 Å². The first-order chi connectivity index (χ1) is 6.25. The van der Waals surface area contributed by atoms with Crippen LogP contribution in [0.3, 0.4) is 0 Å². The molecule has 2 aromatic rings. The summed E-state index contributed by atoms with van der Waals surface area (Å²) in [5, 5.41) is 15.6. The first-order valence-corrected chi connectivity index (χ1v) is 3.62. The summed E-state index contributed by atoms with van der Waals surface area (Å²) in [6.45, 7) is 0. The van der Waals surface area contributed by atoms with Crippen LogP contribution >= 0.6 is 0 Å². The maximum atomic E-state index is 10.3. The van der Waals surface area contributed by atoms with E-state index in [-0.39, 0.29) is 12.2 Å². The van der Waals surface area contributed by atoms with Crippen LogP contribution in [0.5, 0.6) is 0 Å². The lowest BCUT2D eigenvalue weighted by molar-refractivity contribution is -0.136. The van der Waals surface area contributed by atoms with Gasteiger partial charge in [0.05, 0.1) is 11.6 Å². The Labute approximate surface area is 72.6 Å². The van der Waals surface area contributed by atoms with Crippen molar-refractivity contribution < 1.29 is 9.90 Å². The number of aromatic nitrogens is 4. The molecule has 0 aliphatic heterocycles. The Balaban J connectivity index is 2.42. The molecule has 66 valence electrons. The minimum absolute atomic E-state index is 0.172. The van der Waals surface area contributed by atoms with Crippen LogP contribution in [0.1, 0.15) is 5.82 Å². The maximum absolute atomic E-state index is 10.3. The normalized spacial score (nSPS) is 10.5. The number of carboxylic acids is 1. The van der Waals surface area contributed by atoms with Gasteiger partial charge in [-0.1, -0.05) is 0 Å². The highest BCUT2D eigenvalue weighted by Gasteiger charge is 2.05. The molecular weight excluding hydrogens is 172 g/mol. The average Bonchev–Trinajstić information content (AvgIpc) is 2.49. The molecule has 13 heavy (non-hydrogen) atoms. The first kappa shape index (κ1) is 7.66. The summed E-state index contributed by atoms with van der Waals surface area (Å²) in [6, 6.07) is 0. The Bertz CT molecular complexity index is 450. The van der Waals surface area contributed by atoms with E-state index in [0.717, 1.165) is 5.39 Å². The van der Waals surface area contributed by atoms with Gasteiger partial charge in [-0.2, -0.15) is 5.10 Å². The van der Waals surface area contributed by atoms with Crippen molar-refractivity contribution >= 4 is 17.0 Å². The number of rotatable bonds is 2. The molecule has 2 rings (SSSR count). The number of aromatic amines is 1. The van der Waals surface area contributed by atoms with Gasteiger partial charge in [0, 0.05) is 6.20 Å². The van der Waals surface area contributed by atoms with Crippen LogP contribution in [0, 0.1) is 0 Å². The quantitative estimate of drug-likeness (QED) is 0.674. The van der Waals surface area contributed by atoms with Crippen molar-refractivity contribution in [2.75, 3.05) is 0 Å². The average molecular weight is 178 g/mol. The fourth-order valence-corrected chi connectivity index (χ4v) is 0.995. The molecule has 0 unspecified atom stereocenters. The van der Waals surface area contributed by atoms with E-state index in [9.17, 15) is 4.79 Å². The molecule has 0 saturated carbocycles. The lowest BCUT2D eigenvalue weighted by atomic mass is 10.4. The Morgan fingerprint density at radius 1 is 1.54 bits per heavy atom. The van der Waals surface area contributed by atoms with Crippen LogP contribution < -0.4 is 0 Å². The molecule has 0 fully saturated rings. The zero-order valence-corrected chi connectivity index (χ0v) is 6.56. The van der Waals surface area contributed by atoms with Gasteiger partial charge in [-0.15, -0.1) is 0 Å². The van der Waals surface area contributed by atoms with Crippen LogP contribution in [-0.4, -0.2) is 31.2 Å². The summed E-state index contributed by atoms with van der Waals surface area (Å²) in [4.78, 5) is 18.2. The molecule has 0 aromatic carbocycles. The predicted molar refractivity (Wildman–Crippen MR) is 43.0 cm³/mol. The molecular formula is C7H6N4O2. The molecule has 0 radical (unpaired) electrons. The third-order valence-electron chi connectivity index (χ3n) is 1.55. The summed E-state index contributed by atoms with van der Waals surface area (Å²) < 4.78 is 0. The largest absolute Gasteiger partial charge is 0.481 e. The summed E-state index contributed by atoms with van der Waals surface area (Å²) in [6.07, 6.45) is 2.96. The van der Waals surface area contributed by atoms with Gasteiger partial charge in [0.1, 0.15) is 12.2 Å². The molecule has 0 aliphatic carbocycles. The van der Waals surface area contributed by atoms with Crippen LogP contribution in [0.4, 0.5) is 0 Å². The second-order valence-corrected chi connectivity index (χ2v) is 2.53. The Morgan fingerprint density at radius 2 is 2.38 bits per heavy atom. The van der Waals surface area contributed by atoms with Crippen molar-refractivity contribution in [2.24, 2.45) is 0 Å². The molecule has 2 aromatic heterocycles. The minimum atomic E-state index is -0.945. The van der Waals surface area contributed by atoms with E-state index < -0.39 is 5.97 Å². The van der Waals surface area contributed by atoms with Crippen LogP contribution in [0.15, 0.2) is 12.4 Å². The molecule has 6 nitrogen and oxygen atoms in total. The van der Waals surface area contributed by atoms with Gasteiger partial charge < -0.3 is 5.11 Å². The molecule has 0 aliphatic rings. The van der Waals surface area contributed by atoms with Gasteiger partial charge in [0.25, 0.3) is 0 Å². The zero-order chi connectivity index (χ0) is 9.26. The Morgan fingerprint density at radius 3 is 3.15 bits per heavy atom. The highest BCUT2D eigenvalue weighted by atomic mass is 16.4. The predicted octanol–water partition coefficient (Wildman–Crippen LogP) is -0.0200. The second kappa shape index (κ2) is 2.81. The zero-order valence-electron chi connectivity index (χ0n) is 6.56. The molecule has 0 amide bonds. The molecule has 2 N–H and O–H groups in total. The number of fused-ring (bicyclic) bond motifs is 1. The minimum Gasteiger partial charge on any atom is -0.481 e. The van der Waals surface area contributed by atoms with E-state index in [4.69, 9.17) is 5.11 Å². The summed E-state index contributed by atoms with van der Waals surface area (Å²) in [5.74, 6) is -0.664. The fraction of sp³-hybridized carbons (Fsp3) is 0.143. The van der Waals surface area contributed by atoms with Crippen LogP contribution in [-0.2, 0) is 11.2 Å². The van der Waals surface area contributed by atoms with E-state index in [2.05, 4.69) is 20.2 Å². The number of nitrogens with one attached hydrogen (secondary N) is 1. The van der Waals surface area contributed by atoms with E-state index >= 15 is 0 Å². The van der Waals surface area contributed by atoms with Crippen molar-refractivity contribution in [3.63, 3.8) is 0 Å². The lowest BCUT2D eigenvalue weighted by Gasteiger charge is -1.93. The summed E-state index contributed by atoms with van der Waals surface area (Å²) in [7, 11) is 0. The van der Waals surface area contributed by atoms with Gasteiger partial charge in [-0.3, -0.25) is 9.89 Å². The number of carbonyl (C=O) groups is 1. The SMILES string of the molecule is O=C(O)Cc1ncc2cn[nH]c2n1. The van der Waals surface area contributed by atoms with Crippen molar-refractivity contribution in [3.8, 4) is 0 Å². The van der Waals surface area contributed by atoms with Crippen LogP contribution in [0.2, 0.25) is 0 Å². The summed E-state index contributed by atoms with van der Waals surface area (Å²) in [5.41, 5.74) is 0.561. The second-order valence-electron chi connectivity index (χ2n) is 2.53. The number of aliphatic carboxylic acids is 1. The molecule has 0 bridgehead atoms. The van der Waals surface area contributed by atoms with Crippen LogP contribution in [0.25, 0.3) is 11.0 Å². The third-order valence-corrected chi connectivity index (χ3v) is 1.55. The molecule has 0 atom stereocenters. The van der Waals surface area contributed by atoms with Gasteiger partial charge in [-0.05, 0) is 0 Å². The monoisotopic (exact) mass is 178 g/mol. The fourth-order valence-electron chi connectivity index (χ4n) is 0.995. The number of carboxylic acid groups (broad SMARTS) is 1. The number of H-pyrrole nitrogens is 1. The highest BCUT2D eigenvalue weighted by molar-refractivity contribution is 5.74. The van der Waals surface area contributed by atoms with Crippen molar-refractivity contribution in [2.45, 2.75) is 6.42 Å². The maximum Gasteiger partial charge on any atom is 0.311 e. The van der Waals surface area contributed by atoms with E-state index in [1.807, 2.05) is 0 Å². The standard InChI is InChI=1S/C7H6N4O2/c12-6(13)1-5-8-2-4-3-9-11-7(4)10-5/h2-3H,1H2,(H,12,13)(H,8,9,10,11). The van der Waals surface area contributed by atoms with Gasteiger partial charge in [0.2, 0.25) is 0 Å². The number of nitrogens with zero attached hydrogens (tertiary/aromatic N) is 3. The van der Waals surface area contributed by atoms with Gasteiger partial charge >= 0.3 is 5.97 Å². The third kappa shape index (κ3) is 1.46.